The average molecular weight is 246 g/mol. The Morgan fingerprint density at radius 3 is 2.93 bits per heavy atom. The summed E-state index contributed by atoms with van der Waals surface area (Å²) < 4.78 is 0.746. The van der Waals surface area contributed by atoms with Crippen molar-refractivity contribution in [1.29, 1.82) is 0 Å². The highest BCUT2D eigenvalue weighted by Gasteiger charge is 2.28. The molecule has 1 saturated heterocycles. The van der Waals surface area contributed by atoms with Crippen LogP contribution in [0.5, 0.6) is 0 Å². The van der Waals surface area contributed by atoms with Crippen LogP contribution in [0.25, 0.3) is 0 Å². The lowest BCUT2D eigenvalue weighted by Gasteiger charge is -2.14. The van der Waals surface area contributed by atoms with Gasteiger partial charge in [0.15, 0.2) is 0 Å². The first-order chi connectivity index (χ1) is 7.19. The van der Waals surface area contributed by atoms with Gasteiger partial charge in [-0.05, 0) is 12.1 Å². The lowest BCUT2D eigenvalue weighted by atomic mass is 10.1. The van der Waals surface area contributed by atoms with Crippen LogP contribution in [0.3, 0.4) is 0 Å². The van der Waals surface area contributed by atoms with E-state index >= 15 is 0 Å². The number of aliphatic hydroxyl groups is 1. The number of hydrogen-bond acceptors (Lipinski definition) is 3. The van der Waals surface area contributed by atoms with Gasteiger partial charge in [0.2, 0.25) is 5.91 Å². The molecule has 3 nitrogen and oxygen atoms in total. The molecule has 1 unspecified atom stereocenters. The van der Waals surface area contributed by atoms with Gasteiger partial charge < -0.3 is 10.0 Å². The van der Waals surface area contributed by atoms with Crippen molar-refractivity contribution in [3.05, 3.63) is 21.3 Å². The number of halogens is 1. The first-order valence-electron chi connectivity index (χ1n) is 4.82. The maximum atomic E-state index is 11.5. The molecule has 2 heterocycles. The van der Waals surface area contributed by atoms with E-state index < -0.39 is 0 Å². The predicted octanol–water partition coefficient (Wildman–Crippen LogP) is 1.74. The van der Waals surface area contributed by atoms with Crippen LogP contribution in [-0.2, 0) is 11.3 Å². The second-order valence-electron chi connectivity index (χ2n) is 3.73. The average Bonchev–Trinajstić information content (AvgIpc) is 2.75. The van der Waals surface area contributed by atoms with Gasteiger partial charge in [0.1, 0.15) is 0 Å². The molecule has 1 aliphatic heterocycles. The van der Waals surface area contributed by atoms with Crippen LogP contribution in [-0.4, -0.2) is 29.1 Å². The van der Waals surface area contributed by atoms with Crippen LogP contribution in [0.4, 0.5) is 0 Å². The number of hydrogen-bond donors (Lipinski definition) is 1. The zero-order chi connectivity index (χ0) is 10.8. The van der Waals surface area contributed by atoms with Crippen molar-refractivity contribution in [3.8, 4) is 0 Å². The van der Waals surface area contributed by atoms with Gasteiger partial charge in [0.05, 0.1) is 10.9 Å². The Kier molecular flexibility index (Phi) is 3.29. The number of carbonyl (C=O) groups is 1. The molecular weight excluding hydrogens is 234 g/mol. The van der Waals surface area contributed by atoms with Crippen LogP contribution in [0, 0.1) is 5.92 Å². The third kappa shape index (κ3) is 2.51. The van der Waals surface area contributed by atoms with E-state index in [2.05, 4.69) is 0 Å². The molecule has 82 valence electrons. The highest BCUT2D eigenvalue weighted by molar-refractivity contribution is 7.16. The lowest BCUT2D eigenvalue weighted by molar-refractivity contribution is -0.128. The minimum atomic E-state index is 0.0907. The maximum Gasteiger partial charge on any atom is 0.223 e. The van der Waals surface area contributed by atoms with Crippen molar-refractivity contribution in [3.63, 3.8) is 0 Å². The van der Waals surface area contributed by atoms with Crippen molar-refractivity contribution in [1.82, 2.24) is 4.90 Å². The summed E-state index contributed by atoms with van der Waals surface area (Å²) in [5.41, 5.74) is 0. The second kappa shape index (κ2) is 4.51. The Bertz CT molecular complexity index is 366. The Hall–Kier alpha value is -0.580. The molecule has 2 rings (SSSR count). The molecule has 1 aromatic rings. The summed E-state index contributed by atoms with van der Waals surface area (Å²) in [5.74, 6) is 0.228. The van der Waals surface area contributed by atoms with Crippen molar-refractivity contribution >= 4 is 28.8 Å². The molecule has 1 amide bonds. The number of rotatable bonds is 3. The molecule has 0 aliphatic carbocycles. The highest BCUT2D eigenvalue weighted by Crippen LogP contribution is 2.25. The lowest BCUT2D eigenvalue weighted by Crippen LogP contribution is -2.24. The Morgan fingerprint density at radius 2 is 2.40 bits per heavy atom. The van der Waals surface area contributed by atoms with Gasteiger partial charge in [0.25, 0.3) is 0 Å². The number of carbonyl (C=O) groups excluding carboxylic acids is 1. The minimum absolute atomic E-state index is 0.0907. The van der Waals surface area contributed by atoms with Gasteiger partial charge in [-0.3, -0.25) is 4.79 Å². The number of thiophene rings is 1. The fraction of sp³-hybridized carbons (Fsp3) is 0.500. The largest absolute Gasteiger partial charge is 0.396 e. The van der Waals surface area contributed by atoms with Crippen LogP contribution < -0.4 is 0 Å². The fourth-order valence-electron chi connectivity index (χ4n) is 1.75. The molecule has 1 aromatic heterocycles. The van der Waals surface area contributed by atoms with E-state index in [0.717, 1.165) is 9.21 Å². The summed E-state index contributed by atoms with van der Waals surface area (Å²) >= 11 is 7.31. The van der Waals surface area contributed by atoms with Gasteiger partial charge in [-0.1, -0.05) is 11.6 Å². The van der Waals surface area contributed by atoms with Crippen molar-refractivity contribution in [2.24, 2.45) is 5.92 Å². The van der Waals surface area contributed by atoms with Gasteiger partial charge in [0, 0.05) is 30.4 Å². The molecule has 5 heteroatoms. The van der Waals surface area contributed by atoms with Crippen LogP contribution in [0.2, 0.25) is 4.34 Å². The van der Waals surface area contributed by atoms with E-state index in [1.54, 1.807) is 4.90 Å². The molecule has 0 radical (unpaired) electrons. The number of likely N-dealkylation sites (tertiary alicyclic amines) is 1. The van der Waals surface area contributed by atoms with Crippen LogP contribution >= 0.6 is 22.9 Å². The Labute approximate surface area is 97.3 Å². The minimum Gasteiger partial charge on any atom is -0.396 e. The van der Waals surface area contributed by atoms with Gasteiger partial charge in [-0.2, -0.15) is 0 Å². The first-order valence-corrected chi connectivity index (χ1v) is 6.01. The molecule has 1 fully saturated rings. The predicted molar refractivity (Wildman–Crippen MR) is 59.9 cm³/mol. The summed E-state index contributed by atoms with van der Waals surface area (Å²) in [7, 11) is 0. The summed E-state index contributed by atoms with van der Waals surface area (Å²) in [6.07, 6.45) is 0.468. The monoisotopic (exact) mass is 245 g/mol. The normalized spacial score (nSPS) is 21.3. The van der Waals surface area contributed by atoms with Gasteiger partial charge >= 0.3 is 0 Å². The molecule has 1 aliphatic rings. The Morgan fingerprint density at radius 1 is 1.60 bits per heavy atom. The van der Waals surface area contributed by atoms with E-state index in [-0.39, 0.29) is 18.4 Å². The number of aliphatic hydroxyl groups excluding tert-OH is 1. The Balaban J connectivity index is 1.98. The van der Waals surface area contributed by atoms with Gasteiger partial charge in [-0.15, -0.1) is 11.3 Å². The van der Waals surface area contributed by atoms with Crippen LogP contribution in [0.1, 0.15) is 11.3 Å². The molecule has 0 aromatic carbocycles. The first kappa shape index (κ1) is 10.9. The molecule has 0 bridgehead atoms. The summed E-state index contributed by atoms with van der Waals surface area (Å²) in [6, 6.07) is 3.78. The SMILES string of the molecule is O=C1CC(CO)CN1Cc1ccc(Cl)s1. The highest BCUT2D eigenvalue weighted by atomic mass is 35.5. The molecule has 0 spiro atoms. The van der Waals surface area contributed by atoms with Crippen molar-refractivity contribution in [2.75, 3.05) is 13.2 Å². The zero-order valence-corrected chi connectivity index (χ0v) is 9.72. The number of nitrogens with zero attached hydrogens (tertiary/aromatic N) is 1. The molecule has 1 N–H and O–H groups in total. The van der Waals surface area contributed by atoms with E-state index in [0.29, 0.717) is 19.5 Å². The smallest absolute Gasteiger partial charge is 0.223 e. The van der Waals surface area contributed by atoms with E-state index in [9.17, 15) is 4.79 Å². The quantitative estimate of drug-likeness (QED) is 0.881. The molecular formula is C10H12ClNO2S. The van der Waals surface area contributed by atoms with Crippen LogP contribution in [0.15, 0.2) is 12.1 Å². The summed E-state index contributed by atoms with van der Waals surface area (Å²) in [4.78, 5) is 14.4. The zero-order valence-electron chi connectivity index (χ0n) is 8.15. The topological polar surface area (TPSA) is 40.5 Å². The van der Waals surface area contributed by atoms with E-state index in [1.807, 2.05) is 12.1 Å². The van der Waals surface area contributed by atoms with E-state index in [4.69, 9.17) is 16.7 Å². The van der Waals surface area contributed by atoms with E-state index in [1.165, 1.54) is 11.3 Å². The second-order valence-corrected chi connectivity index (χ2v) is 5.53. The standard InChI is InChI=1S/C10H12ClNO2S/c11-9-2-1-8(15-9)5-12-4-7(6-13)3-10(12)14/h1-2,7,13H,3-6H2. The number of amides is 1. The third-order valence-corrected chi connectivity index (χ3v) is 3.74. The molecule has 15 heavy (non-hydrogen) atoms. The molecule has 0 saturated carbocycles. The fourth-order valence-corrected chi connectivity index (χ4v) is 2.86. The third-order valence-electron chi connectivity index (χ3n) is 2.53. The van der Waals surface area contributed by atoms with Gasteiger partial charge in [-0.25, -0.2) is 0 Å². The summed E-state index contributed by atoms with van der Waals surface area (Å²) in [5, 5.41) is 8.97. The molecule has 1 atom stereocenters. The van der Waals surface area contributed by atoms with Crippen molar-refractivity contribution < 1.29 is 9.90 Å². The van der Waals surface area contributed by atoms with Crippen molar-refractivity contribution in [2.45, 2.75) is 13.0 Å². The maximum absolute atomic E-state index is 11.5. The summed E-state index contributed by atoms with van der Waals surface area (Å²) in [6.45, 7) is 1.37.